The van der Waals surface area contributed by atoms with Crippen molar-refractivity contribution in [2.24, 2.45) is 0 Å². The van der Waals surface area contributed by atoms with Gasteiger partial charge in [-0.1, -0.05) is 11.6 Å². The van der Waals surface area contributed by atoms with Gasteiger partial charge < -0.3 is 0 Å². The van der Waals surface area contributed by atoms with Gasteiger partial charge in [0.2, 0.25) is 0 Å². The minimum Gasteiger partial charge on any atom is -0.289 e. The fourth-order valence-electron chi connectivity index (χ4n) is 1.29. The van der Waals surface area contributed by atoms with Gasteiger partial charge in [-0.15, -0.1) is 0 Å². The van der Waals surface area contributed by atoms with Gasteiger partial charge in [0.05, 0.1) is 5.69 Å². The number of rotatable bonds is 2. The maximum atomic E-state index is 11.2. The molecule has 1 N–H and O–H groups in total. The van der Waals surface area contributed by atoms with E-state index in [0.717, 1.165) is 0 Å². The smallest absolute Gasteiger partial charge is 0.262 e. The maximum absolute atomic E-state index is 11.2. The number of hydrogen-bond acceptors (Lipinski definition) is 1. The van der Waals surface area contributed by atoms with Gasteiger partial charge in [-0.3, -0.25) is 8.86 Å². The Kier molecular flexibility index (Phi) is 3.76. The first-order valence-electron chi connectivity index (χ1n) is 4.49. The molecule has 0 saturated carbocycles. The molecule has 84 valence electrons. The summed E-state index contributed by atoms with van der Waals surface area (Å²) in [6.07, 6.45) is 0. The summed E-state index contributed by atoms with van der Waals surface area (Å²) in [6.45, 7) is 5.61. The molecule has 5 heteroatoms. The molecule has 0 radical (unpaired) electrons. The Morgan fingerprint density at radius 1 is 1.27 bits per heavy atom. The molecule has 0 heterocycles. The number of benzene rings is 1. The third kappa shape index (κ3) is 3.19. The summed E-state index contributed by atoms with van der Waals surface area (Å²) in [5.41, 5.74) is 0.251. The summed E-state index contributed by atoms with van der Waals surface area (Å²) in [4.78, 5) is 0. The summed E-state index contributed by atoms with van der Waals surface area (Å²) < 4.78 is 21.9. The van der Waals surface area contributed by atoms with Gasteiger partial charge in [0.25, 0.3) is 11.3 Å². The van der Waals surface area contributed by atoms with Crippen molar-refractivity contribution in [2.45, 2.75) is 26.3 Å². The van der Waals surface area contributed by atoms with E-state index in [0.29, 0.717) is 10.7 Å². The van der Waals surface area contributed by atoms with Crippen molar-refractivity contribution in [3.63, 3.8) is 0 Å². The summed E-state index contributed by atoms with van der Waals surface area (Å²) in [5.74, 6) is 0. The third-order valence-electron chi connectivity index (χ3n) is 1.83. The second-order valence-electron chi connectivity index (χ2n) is 4.17. The zero-order valence-corrected chi connectivity index (χ0v) is 10.5. The molecular weight excluding hydrogens is 234 g/mol. The highest BCUT2D eigenvalue weighted by Crippen LogP contribution is 2.26. The van der Waals surface area contributed by atoms with Crippen molar-refractivity contribution < 1.29 is 8.76 Å². The zero-order valence-electron chi connectivity index (χ0n) is 8.90. The number of anilines is 1. The van der Waals surface area contributed by atoms with E-state index in [4.69, 9.17) is 11.6 Å². The fourth-order valence-corrected chi connectivity index (χ4v) is 2.18. The Morgan fingerprint density at radius 2 is 1.73 bits per heavy atom. The van der Waals surface area contributed by atoms with E-state index >= 15 is 0 Å². The minimum atomic E-state index is -2.04. The molecule has 0 bridgehead atoms. The van der Waals surface area contributed by atoms with Crippen molar-refractivity contribution in [1.82, 2.24) is 0 Å². The van der Waals surface area contributed by atoms with E-state index in [9.17, 15) is 8.76 Å². The molecule has 0 aliphatic carbocycles. The van der Waals surface area contributed by atoms with Crippen molar-refractivity contribution in [1.29, 1.82) is 0 Å². The van der Waals surface area contributed by atoms with Gasteiger partial charge in [0.1, 0.15) is 0 Å². The zero-order chi connectivity index (χ0) is 11.6. The molecule has 0 aromatic heterocycles. The van der Waals surface area contributed by atoms with E-state index in [1.54, 1.807) is 24.3 Å². The van der Waals surface area contributed by atoms with Crippen LogP contribution in [0, 0.1) is 0 Å². The standard InChI is InChI=1S/C10H14ClNO2S/c1-10(2,3)12(15(13)14)9-6-4-8(11)5-7-9/h4-7H,1-3H3,(H,13,14). The highest BCUT2D eigenvalue weighted by molar-refractivity contribution is 7.80. The molecule has 3 nitrogen and oxygen atoms in total. The lowest BCUT2D eigenvalue weighted by Crippen LogP contribution is -2.42. The van der Waals surface area contributed by atoms with Gasteiger partial charge in [-0.2, -0.15) is 0 Å². The van der Waals surface area contributed by atoms with Crippen LogP contribution in [0.3, 0.4) is 0 Å². The van der Waals surface area contributed by atoms with Gasteiger partial charge in [0.15, 0.2) is 0 Å². The molecule has 0 amide bonds. The van der Waals surface area contributed by atoms with Crippen LogP contribution >= 0.6 is 11.6 Å². The first-order chi connectivity index (χ1) is 6.82. The Hall–Kier alpha value is -0.580. The van der Waals surface area contributed by atoms with Crippen LogP contribution < -0.4 is 4.31 Å². The largest absolute Gasteiger partial charge is 0.289 e. The SMILES string of the molecule is CC(C)(C)N(c1ccc(Cl)cc1)S(=O)O. The molecule has 1 aromatic rings. The lowest BCUT2D eigenvalue weighted by atomic mass is 10.1. The van der Waals surface area contributed by atoms with Crippen molar-refractivity contribution in [2.75, 3.05) is 4.31 Å². The van der Waals surface area contributed by atoms with Gasteiger partial charge >= 0.3 is 0 Å². The van der Waals surface area contributed by atoms with Gasteiger partial charge in [-0.05, 0) is 45.0 Å². The van der Waals surface area contributed by atoms with Crippen LogP contribution in [0.2, 0.25) is 5.02 Å². The van der Waals surface area contributed by atoms with Gasteiger partial charge in [0, 0.05) is 10.6 Å². The van der Waals surface area contributed by atoms with Crippen LogP contribution in [0.1, 0.15) is 20.8 Å². The molecule has 1 aromatic carbocycles. The lowest BCUT2D eigenvalue weighted by molar-refractivity contribution is 0.515. The summed E-state index contributed by atoms with van der Waals surface area (Å²) >= 11 is 3.71. The quantitative estimate of drug-likeness (QED) is 0.816. The Balaban J connectivity index is 3.11. The molecule has 15 heavy (non-hydrogen) atoms. The Labute approximate surface area is 97.5 Å². The number of halogens is 1. The summed E-state index contributed by atoms with van der Waals surface area (Å²) in [7, 11) is 0. The predicted molar refractivity (Wildman–Crippen MR) is 64.5 cm³/mol. The highest BCUT2D eigenvalue weighted by atomic mass is 35.5. The summed E-state index contributed by atoms with van der Waals surface area (Å²) in [5, 5.41) is 0.608. The first-order valence-corrected chi connectivity index (χ1v) is 5.93. The van der Waals surface area contributed by atoms with Gasteiger partial charge in [-0.25, -0.2) is 4.21 Å². The summed E-state index contributed by atoms with van der Waals surface area (Å²) in [6, 6.07) is 6.84. The molecule has 1 unspecified atom stereocenters. The number of hydrogen-bond donors (Lipinski definition) is 1. The van der Waals surface area contributed by atoms with Crippen LogP contribution in [-0.2, 0) is 11.3 Å². The van der Waals surface area contributed by atoms with Crippen molar-refractivity contribution in [3.8, 4) is 0 Å². The van der Waals surface area contributed by atoms with Crippen LogP contribution in [0.4, 0.5) is 5.69 Å². The van der Waals surface area contributed by atoms with E-state index in [1.165, 1.54) is 4.31 Å². The number of nitrogens with zero attached hydrogens (tertiary/aromatic N) is 1. The van der Waals surface area contributed by atoms with E-state index < -0.39 is 16.8 Å². The third-order valence-corrected chi connectivity index (χ3v) is 3.15. The molecule has 0 spiro atoms. The molecule has 0 fully saturated rings. The van der Waals surface area contributed by atoms with Crippen molar-refractivity contribution >= 4 is 28.6 Å². The topological polar surface area (TPSA) is 40.5 Å². The van der Waals surface area contributed by atoms with Crippen LogP contribution in [0.15, 0.2) is 24.3 Å². The second-order valence-corrected chi connectivity index (χ2v) is 5.44. The average molecular weight is 248 g/mol. The molecule has 0 saturated heterocycles. The molecule has 1 rings (SSSR count). The maximum Gasteiger partial charge on any atom is 0.262 e. The fraction of sp³-hybridized carbons (Fsp3) is 0.400. The van der Waals surface area contributed by atoms with E-state index in [-0.39, 0.29) is 0 Å². The average Bonchev–Trinajstić information content (AvgIpc) is 2.05. The molecular formula is C10H14ClNO2S. The molecule has 1 atom stereocenters. The molecule has 0 aliphatic rings. The van der Waals surface area contributed by atoms with Crippen LogP contribution in [-0.4, -0.2) is 14.3 Å². The highest BCUT2D eigenvalue weighted by Gasteiger charge is 2.26. The molecule has 0 aliphatic heterocycles. The normalized spacial score (nSPS) is 13.7. The Bertz CT molecular complexity index is 359. The predicted octanol–water partition coefficient (Wildman–Crippen LogP) is 3.08. The van der Waals surface area contributed by atoms with Crippen LogP contribution in [0.5, 0.6) is 0 Å². The minimum absolute atomic E-state index is 0.423. The first kappa shape index (κ1) is 12.5. The van der Waals surface area contributed by atoms with E-state index in [1.807, 2.05) is 20.8 Å². The van der Waals surface area contributed by atoms with Crippen molar-refractivity contribution in [3.05, 3.63) is 29.3 Å². The second kappa shape index (κ2) is 4.51. The monoisotopic (exact) mass is 247 g/mol. The van der Waals surface area contributed by atoms with Crippen LogP contribution in [0.25, 0.3) is 0 Å². The van der Waals surface area contributed by atoms with E-state index in [2.05, 4.69) is 0 Å². The lowest BCUT2D eigenvalue weighted by Gasteiger charge is -2.33. The Morgan fingerprint density at radius 3 is 2.07 bits per heavy atom.